The highest BCUT2D eigenvalue weighted by atomic mass is 16.5. The molecule has 0 saturated carbocycles. The van der Waals surface area contributed by atoms with Crippen LogP contribution in [0.2, 0.25) is 0 Å². The van der Waals surface area contributed by atoms with E-state index in [1.807, 2.05) is 24.3 Å². The normalized spacial score (nSPS) is 28.2. The molecule has 0 N–H and O–H groups in total. The van der Waals surface area contributed by atoms with Crippen molar-refractivity contribution in [2.75, 3.05) is 6.61 Å². The van der Waals surface area contributed by atoms with Crippen LogP contribution in [0.4, 0.5) is 0 Å². The Kier molecular flexibility index (Phi) is 1.47. The Labute approximate surface area is 64.9 Å². The number of hydrogen-bond acceptors (Lipinski definition) is 2. The van der Waals surface area contributed by atoms with Gasteiger partial charge in [-0.3, -0.25) is 4.79 Å². The second-order valence-corrected chi connectivity index (χ2v) is 2.59. The van der Waals surface area contributed by atoms with Crippen LogP contribution >= 0.6 is 0 Å². The Bertz CT molecular complexity index is 271. The lowest BCUT2D eigenvalue weighted by Gasteiger charge is -2.20. The predicted octanol–water partition coefficient (Wildman–Crippen LogP) is 1.01. The zero-order valence-corrected chi connectivity index (χ0v) is 5.99. The van der Waals surface area contributed by atoms with Crippen molar-refractivity contribution in [2.45, 2.75) is 6.10 Å². The fraction of sp³-hybridized carbons (Fsp3) is 0.222. The Balaban J connectivity index is 2.33. The number of ketones is 1. The van der Waals surface area contributed by atoms with Gasteiger partial charge in [0.1, 0.15) is 12.7 Å². The molecule has 2 heteroatoms. The standard InChI is InChI=1S/C9H8O2/c10-8-5-7-3-1-2-4-9(7)11-6-8/h1-5,9H,6H2. The maximum absolute atomic E-state index is 10.9. The van der Waals surface area contributed by atoms with Gasteiger partial charge in [-0.1, -0.05) is 24.3 Å². The van der Waals surface area contributed by atoms with Crippen LogP contribution in [0.3, 0.4) is 0 Å². The van der Waals surface area contributed by atoms with Crippen molar-refractivity contribution < 1.29 is 9.53 Å². The summed E-state index contributed by atoms with van der Waals surface area (Å²) in [6.07, 6.45) is 9.34. The van der Waals surface area contributed by atoms with Gasteiger partial charge in [0.25, 0.3) is 0 Å². The molecule has 1 unspecified atom stereocenters. The van der Waals surface area contributed by atoms with Crippen molar-refractivity contribution in [3.05, 3.63) is 36.0 Å². The number of rotatable bonds is 0. The van der Waals surface area contributed by atoms with Crippen LogP contribution in [0, 0.1) is 0 Å². The van der Waals surface area contributed by atoms with Gasteiger partial charge >= 0.3 is 0 Å². The highest BCUT2D eigenvalue weighted by molar-refractivity contribution is 5.93. The SMILES string of the molecule is O=C1C=C2C=CC=CC2OC1. The van der Waals surface area contributed by atoms with Gasteiger partial charge in [-0.2, -0.15) is 0 Å². The van der Waals surface area contributed by atoms with E-state index >= 15 is 0 Å². The van der Waals surface area contributed by atoms with Gasteiger partial charge in [-0.15, -0.1) is 0 Å². The zero-order chi connectivity index (χ0) is 7.68. The summed E-state index contributed by atoms with van der Waals surface area (Å²) in [4.78, 5) is 10.9. The third-order valence-electron chi connectivity index (χ3n) is 1.75. The molecule has 56 valence electrons. The lowest BCUT2D eigenvalue weighted by atomic mass is 10.0. The molecule has 0 spiro atoms. The lowest BCUT2D eigenvalue weighted by molar-refractivity contribution is -0.120. The van der Waals surface area contributed by atoms with Crippen LogP contribution in [0.15, 0.2) is 36.0 Å². The van der Waals surface area contributed by atoms with Crippen LogP contribution in [-0.4, -0.2) is 18.5 Å². The van der Waals surface area contributed by atoms with Gasteiger partial charge in [0.2, 0.25) is 0 Å². The van der Waals surface area contributed by atoms with E-state index in [1.54, 1.807) is 6.08 Å². The number of carbonyl (C=O) groups is 1. The minimum atomic E-state index is 0.0118. The molecule has 0 bridgehead atoms. The summed E-state index contributed by atoms with van der Waals surface area (Å²) in [5.74, 6) is 0.0520. The van der Waals surface area contributed by atoms with Gasteiger partial charge in [0.05, 0.1) is 0 Å². The molecule has 0 radical (unpaired) electrons. The van der Waals surface area contributed by atoms with E-state index in [2.05, 4.69) is 0 Å². The van der Waals surface area contributed by atoms with E-state index in [9.17, 15) is 4.79 Å². The monoisotopic (exact) mass is 148 g/mol. The minimum Gasteiger partial charge on any atom is -0.361 e. The van der Waals surface area contributed by atoms with Crippen molar-refractivity contribution in [2.24, 2.45) is 0 Å². The molecule has 0 fully saturated rings. The first-order valence-corrected chi connectivity index (χ1v) is 3.57. The molecule has 0 saturated heterocycles. The van der Waals surface area contributed by atoms with E-state index in [4.69, 9.17) is 4.74 Å². The van der Waals surface area contributed by atoms with Crippen molar-refractivity contribution in [3.63, 3.8) is 0 Å². The van der Waals surface area contributed by atoms with Gasteiger partial charge in [0, 0.05) is 0 Å². The van der Waals surface area contributed by atoms with Crippen molar-refractivity contribution in [3.8, 4) is 0 Å². The van der Waals surface area contributed by atoms with Crippen molar-refractivity contribution in [1.29, 1.82) is 0 Å². The smallest absolute Gasteiger partial charge is 0.181 e. The van der Waals surface area contributed by atoms with Crippen LogP contribution < -0.4 is 0 Å². The molecular weight excluding hydrogens is 140 g/mol. The Morgan fingerprint density at radius 3 is 3.27 bits per heavy atom. The van der Waals surface area contributed by atoms with Gasteiger partial charge in [-0.05, 0) is 11.6 Å². The molecule has 2 nitrogen and oxygen atoms in total. The fourth-order valence-corrected chi connectivity index (χ4v) is 1.22. The van der Waals surface area contributed by atoms with E-state index in [-0.39, 0.29) is 18.5 Å². The summed E-state index contributed by atoms with van der Waals surface area (Å²) in [7, 11) is 0. The quantitative estimate of drug-likeness (QED) is 0.512. The Morgan fingerprint density at radius 1 is 1.45 bits per heavy atom. The first kappa shape index (κ1) is 6.55. The van der Waals surface area contributed by atoms with Crippen LogP contribution in [-0.2, 0) is 9.53 Å². The van der Waals surface area contributed by atoms with Crippen LogP contribution in [0.25, 0.3) is 0 Å². The highest BCUT2D eigenvalue weighted by Crippen LogP contribution is 2.18. The molecule has 1 aliphatic heterocycles. The first-order valence-electron chi connectivity index (χ1n) is 3.57. The van der Waals surface area contributed by atoms with Crippen LogP contribution in [0.5, 0.6) is 0 Å². The summed E-state index contributed by atoms with van der Waals surface area (Å²) in [6.45, 7) is 0.215. The van der Waals surface area contributed by atoms with E-state index in [0.717, 1.165) is 5.57 Å². The molecule has 1 aliphatic carbocycles. The molecule has 1 heterocycles. The highest BCUT2D eigenvalue weighted by Gasteiger charge is 2.18. The molecule has 11 heavy (non-hydrogen) atoms. The second-order valence-electron chi connectivity index (χ2n) is 2.59. The average Bonchev–Trinajstić information content (AvgIpc) is 2.04. The van der Waals surface area contributed by atoms with Crippen molar-refractivity contribution in [1.82, 2.24) is 0 Å². The largest absolute Gasteiger partial charge is 0.361 e. The molecular formula is C9H8O2. The van der Waals surface area contributed by atoms with Crippen LogP contribution in [0.1, 0.15) is 0 Å². The summed E-state index contributed by atoms with van der Waals surface area (Å²) in [6, 6.07) is 0. The minimum absolute atomic E-state index is 0.0118. The maximum atomic E-state index is 10.9. The summed E-state index contributed by atoms with van der Waals surface area (Å²) >= 11 is 0. The summed E-state index contributed by atoms with van der Waals surface area (Å²) in [5, 5.41) is 0. The fourth-order valence-electron chi connectivity index (χ4n) is 1.22. The zero-order valence-electron chi connectivity index (χ0n) is 5.99. The van der Waals surface area contributed by atoms with Crippen molar-refractivity contribution >= 4 is 5.78 Å². The Hall–Kier alpha value is -1.15. The number of fused-ring (bicyclic) bond motifs is 1. The first-order chi connectivity index (χ1) is 5.36. The second kappa shape index (κ2) is 2.47. The molecule has 2 aliphatic rings. The summed E-state index contributed by atoms with van der Waals surface area (Å²) in [5.41, 5.74) is 0.962. The van der Waals surface area contributed by atoms with Gasteiger partial charge in [-0.25, -0.2) is 0 Å². The molecule has 1 atom stereocenters. The summed E-state index contributed by atoms with van der Waals surface area (Å²) < 4.78 is 5.24. The molecule has 0 amide bonds. The third-order valence-corrected chi connectivity index (χ3v) is 1.75. The molecule has 0 aromatic carbocycles. The number of carbonyl (C=O) groups excluding carboxylic acids is 1. The molecule has 2 rings (SSSR count). The van der Waals surface area contributed by atoms with E-state index in [0.29, 0.717) is 0 Å². The lowest BCUT2D eigenvalue weighted by Crippen LogP contribution is -2.24. The third kappa shape index (κ3) is 1.17. The van der Waals surface area contributed by atoms with E-state index in [1.165, 1.54) is 0 Å². The Morgan fingerprint density at radius 2 is 2.36 bits per heavy atom. The topological polar surface area (TPSA) is 26.3 Å². The predicted molar refractivity (Wildman–Crippen MR) is 41.1 cm³/mol. The number of ether oxygens (including phenoxy) is 1. The number of hydrogen-bond donors (Lipinski definition) is 0. The average molecular weight is 148 g/mol. The van der Waals surface area contributed by atoms with Gasteiger partial charge in [0.15, 0.2) is 5.78 Å². The maximum Gasteiger partial charge on any atom is 0.181 e. The van der Waals surface area contributed by atoms with E-state index < -0.39 is 0 Å². The number of allylic oxidation sites excluding steroid dienone is 2. The van der Waals surface area contributed by atoms with Gasteiger partial charge < -0.3 is 4.74 Å². The molecule has 0 aromatic heterocycles. The molecule has 0 aromatic rings.